The van der Waals surface area contributed by atoms with Crippen LogP contribution in [0.5, 0.6) is 0 Å². The van der Waals surface area contributed by atoms with E-state index in [4.69, 9.17) is 0 Å². The van der Waals surface area contributed by atoms with Gasteiger partial charge >= 0.3 is 0 Å². The molecule has 0 saturated carbocycles. The normalized spacial score (nSPS) is 12.6. The van der Waals surface area contributed by atoms with E-state index in [9.17, 15) is 5.11 Å². The Labute approximate surface area is 79.8 Å². The molecule has 0 aliphatic heterocycles. The SMILES string of the molecule is CCN(C)c1ccc(C(C)O)cc1. The van der Waals surface area contributed by atoms with Crippen LogP contribution in [-0.2, 0) is 0 Å². The molecule has 1 atom stereocenters. The lowest BCUT2D eigenvalue weighted by Gasteiger charge is -2.17. The van der Waals surface area contributed by atoms with E-state index in [2.05, 4.69) is 18.9 Å². The van der Waals surface area contributed by atoms with Gasteiger partial charge in [-0.25, -0.2) is 0 Å². The smallest absolute Gasteiger partial charge is 0.0761 e. The van der Waals surface area contributed by atoms with Crippen LogP contribution in [0.3, 0.4) is 0 Å². The van der Waals surface area contributed by atoms with Crippen LogP contribution in [0.15, 0.2) is 24.3 Å². The first-order valence-corrected chi connectivity index (χ1v) is 4.64. The Balaban J connectivity index is 2.81. The minimum Gasteiger partial charge on any atom is -0.389 e. The van der Waals surface area contributed by atoms with E-state index in [1.54, 1.807) is 6.92 Å². The average Bonchev–Trinajstić information content (AvgIpc) is 2.17. The summed E-state index contributed by atoms with van der Waals surface area (Å²) in [5, 5.41) is 9.30. The van der Waals surface area contributed by atoms with Crippen LogP contribution in [-0.4, -0.2) is 18.7 Å². The molecule has 0 aromatic heterocycles. The third-order valence-corrected chi connectivity index (χ3v) is 2.29. The summed E-state index contributed by atoms with van der Waals surface area (Å²) >= 11 is 0. The van der Waals surface area contributed by atoms with Crippen molar-refractivity contribution >= 4 is 5.69 Å². The van der Waals surface area contributed by atoms with Gasteiger partial charge in [0.05, 0.1) is 6.10 Å². The van der Waals surface area contributed by atoms with Gasteiger partial charge in [0, 0.05) is 19.3 Å². The van der Waals surface area contributed by atoms with Gasteiger partial charge in [-0.1, -0.05) is 12.1 Å². The Bertz CT molecular complexity index is 253. The van der Waals surface area contributed by atoms with Crippen molar-refractivity contribution in [1.29, 1.82) is 0 Å². The summed E-state index contributed by atoms with van der Waals surface area (Å²) < 4.78 is 0. The van der Waals surface area contributed by atoms with Crippen molar-refractivity contribution in [3.63, 3.8) is 0 Å². The minimum absolute atomic E-state index is 0.374. The van der Waals surface area contributed by atoms with Gasteiger partial charge in [0.1, 0.15) is 0 Å². The highest BCUT2D eigenvalue weighted by Crippen LogP contribution is 2.17. The largest absolute Gasteiger partial charge is 0.389 e. The molecule has 0 fully saturated rings. The molecule has 0 heterocycles. The lowest BCUT2D eigenvalue weighted by molar-refractivity contribution is 0.199. The maximum absolute atomic E-state index is 9.30. The second-order valence-electron chi connectivity index (χ2n) is 3.28. The summed E-state index contributed by atoms with van der Waals surface area (Å²) in [5.74, 6) is 0. The molecule has 0 amide bonds. The fourth-order valence-corrected chi connectivity index (χ4v) is 1.19. The number of aliphatic hydroxyl groups excluding tert-OH is 1. The highest BCUT2D eigenvalue weighted by Gasteiger charge is 2.01. The van der Waals surface area contributed by atoms with Gasteiger partial charge in [0.25, 0.3) is 0 Å². The molecule has 1 aromatic rings. The number of rotatable bonds is 3. The highest BCUT2D eigenvalue weighted by atomic mass is 16.3. The van der Waals surface area contributed by atoms with E-state index < -0.39 is 0 Å². The number of hydrogen-bond acceptors (Lipinski definition) is 2. The molecule has 72 valence electrons. The monoisotopic (exact) mass is 179 g/mol. The van der Waals surface area contributed by atoms with E-state index in [1.165, 1.54) is 5.69 Å². The molecule has 1 unspecified atom stereocenters. The first-order valence-electron chi connectivity index (χ1n) is 4.64. The maximum Gasteiger partial charge on any atom is 0.0761 e. The zero-order valence-corrected chi connectivity index (χ0v) is 8.49. The summed E-state index contributed by atoms with van der Waals surface area (Å²) in [4.78, 5) is 2.16. The lowest BCUT2D eigenvalue weighted by atomic mass is 10.1. The third-order valence-electron chi connectivity index (χ3n) is 2.29. The molecule has 1 rings (SSSR count). The van der Waals surface area contributed by atoms with Crippen LogP contribution in [0.25, 0.3) is 0 Å². The zero-order chi connectivity index (χ0) is 9.84. The van der Waals surface area contributed by atoms with E-state index in [-0.39, 0.29) is 6.10 Å². The summed E-state index contributed by atoms with van der Waals surface area (Å²) in [6, 6.07) is 8.00. The quantitative estimate of drug-likeness (QED) is 0.769. The van der Waals surface area contributed by atoms with E-state index in [1.807, 2.05) is 24.3 Å². The number of aliphatic hydroxyl groups is 1. The molecule has 0 bridgehead atoms. The molecular weight excluding hydrogens is 162 g/mol. The fourth-order valence-electron chi connectivity index (χ4n) is 1.19. The number of benzene rings is 1. The standard InChI is InChI=1S/C11H17NO/c1-4-12(3)11-7-5-10(6-8-11)9(2)13/h5-9,13H,4H2,1-3H3. The predicted octanol–water partition coefficient (Wildman–Crippen LogP) is 2.20. The Kier molecular flexibility index (Phi) is 3.32. The lowest BCUT2D eigenvalue weighted by Crippen LogP contribution is -2.15. The summed E-state index contributed by atoms with van der Waals surface area (Å²) in [5.41, 5.74) is 2.15. The molecule has 13 heavy (non-hydrogen) atoms. The van der Waals surface area contributed by atoms with Gasteiger partial charge in [0.2, 0.25) is 0 Å². The van der Waals surface area contributed by atoms with Crippen molar-refractivity contribution in [2.24, 2.45) is 0 Å². The topological polar surface area (TPSA) is 23.5 Å². The van der Waals surface area contributed by atoms with Gasteiger partial charge in [-0.2, -0.15) is 0 Å². The van der Waals surface area contributed by atoms with Crippen molar-refractivity contribution in [1.82, 2.24) is 0 Å². The predicted molar refractivity (Wildman–Crippen MR) is 56.0 cm³/mol. The first kappa shape index (κ1) is 10.1. The van der Waals surface area contributed by atoms with Crippen LogP contribution < -0.4 is 4.90 Å². The Morgan fingerprint density at radius 3 is 2.23 bits per heavy atom. The van der Waals surface area contributed by atoms with Crippen molar-refractivity contribution < 1.29 is 5.11 Å². The molecular formula is C11H17NO. The Morgan fingerprint density at radius 2 is 1.85 bits per heavy atom. The van der Waals surface area contributed by atoms with Crippen molar-refractivity contribution in [3.8, 4) is 0 Å². The van der Waals surface area contributed by atoms with Gasteiger partial charge in [-0.15, -0.1) is 0 Å². The second kappa shape index (κ2) is 4.28. The van der Waals surface area contributed by atoms with Crippen LogP contribution in [0.4, 0.5) is 5.69 Å². The highest BCUT2D eigenvalue weighted by molar-refractivity contribution is 5.46. The molecule has 0 saturated heterocycles. The second-order valence-corrected chi connectivity index (χ2v) is 3.28. The third kappa shape index (κ3) is 2.46. The molecule has 0 spiro atoms. The fraction of sp³-hybridized carbons (Fsp3) is 0.455. The molecule has 1 N–H and O–H groups in total. The Morgan fingerprint density at radius 1 is 1.31 bits per heavy atom. The van der Waals surface area contributed by atoms with Gasteiger partial charge in [-0.05, 0) is 31.5 Å². The first-order chi connectivity index (χ1) is 6.15. The average molecular weight is 179 g/mol. The van der Waals surface area contributed by atoms with E-state index in [0.717, 1.165) is 12.1 Å². The molecule has 0 aliphatic carbocycles. The zero-order valence-electron chi connectivity index (χ0n) is 8.49. The van der Waals surface area contributed by atoms with E-state index >= 15 is 0 Å². The van der Waals surface area contributed by atoms with E-state index in [0.29, 0.717) is 0 Å². The van der Waals surface area contributed by atoms with Crippen LogP contribution in [0, 0.1) is 0 Å². The molecule has 1 aromatic carbocycles. The number of nitrogens with zero attached hydrogens (tertiary/aromatic N) is 1. The van der Waals surface area contributed by atoms with Crippen molar-refractivity contribution in [2.75, 3.05) is 18.5 Å². The van der Waals surface area contributed by atoms with Gasteiger partial charge in [-0.3, -0.25) is 0 Å². The Hall–Kier alpha value is -1.02. The van der Waals surface area contributed by atoms with Crippen LogP contribution in [0.1, 0.15) is 25.5 Å². The minimum atomic E-state index is -0.374. The van der Waals surface area contributed by atoms with Crippen molar-refractivity contribution in [2.45, 2.75) is 20.0 Å². The van der Waals surface area contributed by atoms with Gasteiger partial charge in [0.15, 0.2) is 0 Å². The number of hydrogen-bond donors (Lipinski definition) is 1. The number of anilines is 1. The molecule has 0 aliphatic rings. The maximum atomic E-state index is 9.30. The summed E-state index contributed by atoms with van der Waals surface area (Å²) in [6.45, 7) is 4.88. The molecule has 2 heteroatoms. The van der Waals surface area contributed by atoms with Crippen molar-refractivity contribution in [3.05, 3.63) is 29.8 Å². The molecule has 2 nitrogen and oxygen atoms in total. The summed E-state index contributed by atoms with van der Waals surface area (Å²) in [7, 11) is 2.05. The molecule has 0 radical (unpaired) electrons. The summed E-state index contributed by atoms with van der Waals surface area (Å²) in [6.07, 6.45) is -0.374. The van der Waals surface area contributed by atoms with Crippen LogP contribution >= 0.6 is 0 Å². The van der Waals surface area contributed by atoms with Crippen LogP contribution in [0.2, 0.25) is 0 Å². The van der Waals surface area contributed by atoms with Gasteiger partial charge < -0.3 is 10.0 Å².